The van der Waals surface area contributed by atoms with E-state index in [-0.39, 0.29) is 0 Å². The summed E-state index contributed by atoms with van der Waals surface area (Å²) in [5.74, 6) is 0.385. The number of hydrogen-bond acceptors (Lipinski definition) is 8. The molecule has 1 unspecified atom stereocenters. The predicted octanol–water partition coefficient (Wildman–Crippen LogP) is 2.98. The number of aromatic nitrogens is 5. The molecule has 3 aromatic heterocycles. The van der Waals surface area contributed by atoms with Crippen LogP contribution in [0.3, 0.4) is 0 Å². The first-order valence-electron chi connectivity index (χ1n) is 9.63. The highest BCUT2D eigenvalue weighted by Crippen LogP contribution is 2.40. The van der Waals surface area contributed by atoms with Crippen molar-refractivity contribution >= 4 is 28.9 Å². The number of anilines is 3. The molecule has 154 valence electrons. The zero-order valence-electron chi connectivity index (χ0n) is 16.8. The van der Waals surface area contributed by atoms with E-state index in [4.69, 9.17) is 17.3 Å². The lowest BCUT2D eigenvalue weighted by Crippen LogP contribution is -2.57. The number of halogens is 1. The smallest absolute Gasteiger partial charge is 0.227 e. The molecular formula is C20H22ClN9. The number of nitrogens with one attached hydrogen (secondary N) is 1. The van der Waals surface area contributed by atoms with E-state index in [9.17, 15) is 5.26 Å². The lowest BCUT2D eigenvalue weighted by atomic mass is 9.91. The van der Waals surface area contributed by atoms with Crippen molar-refractivity contribution in [3.05, 3.63) is 52.8 Å². The maximum Gasteiger partial charge on any atom is 0.227 e. The molecule has 1 atom stereocenters. The number of piperidine rings is 1. The van der Waals surface area contributed by atoms with Gasteiger partial charge in [0.2, 0.25) is 5.95 Å². The molecule has 0 saturated carbocycles. The summed E-state index contributed by atoms with van der Waals surface area (Å²) in [6.07, 6.45) is 9.13. The van der Waals surface area contributed by atoms with Crippen LogP contribution in [0.15, 0.2) is 30.9 Å². The van der Waals surface area contributed by atoms with E-state index in [2.05, 4.69) is 31.4 Å². The van der Waals surface area contributed by atoms with Gasteiger partial charge < -0.3 is 16.0 Å². The van der Waals surface area contributed by atoms with E-state index in [1.54, 1.807) is 29.3 Å². The predicted molar refractivity (Wildman–Crippen MR) is 114 cm³/mol. The Hall–Kier alpha value is -3.22. The first-order chi connectivity index (χ1) is 14.4. The molecule has 3 aromatic rings. The van der Waals surface area contributed by atoms with E-state index in [0.29, 0.717) is 35.2 Å². The molecule has 1 saturated heterocycles. The van der Waals surface area contributed by atoms with Gasteiger partial charge >= 0.3 is 0 Å². The lowest BCUT2D eigenvalue weighted by Gasteiger charge is -2.46. The standard InChI is InChI=1S/C20H22ClN9/c1-13-16(12-29(2)28-13)26-19-25-11-15(21)18(27-19)20(23)6-3-4-8-30(20)17-5-7-24-10-14(17)9-22/h5,7,10-12H,3-4,6,8,23H2,1-2H3,(H,25,26,27). The Labute approximate surface area is 179 Å². The summed E-state index contributed by atoms with van der Waals surface area (Å²) in [4.78, 5) is 15.1. The number of nitriles is 1. The zero-order chi connectivity index (χ0) is 21.3. The quantitative estimate of drug-likeness (QED) is 0.656. The van der Waals surface area contributed by atoms with Gasteiger partial charge in [0.15, 0.2) is 0 Å². The van der Waals surface area contributed by atoms with Crippen LogP contribution in [0.4, 0.5) is 17.3 Å². The molecule has 0 aromatic carbocycles. The number of aryl methyl sites for hydroxylation is 2. The molecule has 1 fully saturated rings. The molecule has 0 bridgehead atoms. The normalized spacial score (nSPS) is 18.8. The summed E-state index contributed by atoms with van der Waals surface area (Å²) in [6, 6.07) is 4.01. The minimum absolute atomic E-state index is 0.380. The van der Waals surface area contributed by atoms with Crippen LogP contribution in [-0.2, 0) is 12.7 Å². The Morgan fingerprint density at radius 3 is 2.90 bits per heavy atom. The highest BCUT2D eigenvalue weighted by molar-refractivity contribution is 6.31. The van der Waals surface area contributed by atoms with E-state index in [1.165, 1.54) is 0 Å². The van der Waals surface area contributed by atoms with E-state index < -0.39 is 5.66 Å². The summed E-state index contributed by atoms with van der Waals surface area (Å²) in [7, 11) is 1.85. The van der Waals surface area contributed by atoms with Crippen molar-refractivity contribution in [3.63, 3.8) is 0 Å². The van der Waals surface area contributed by atoms with Crippen molar-refractivity contribution in [3.8, 4) is 6.07 Å². The molecule has 4 heterocycles. The number of nitrogens with two attached hydrogens (primary N) is 1. The molecule has 0 spiro atoms. The molecule has 3 N–H and O–H groups in total. The molecule has 1 aliphatic rings. The fourth-order valence-electron chi connectivity index (χ4n) is 3.86. The van der Waals surface area contributed by atoms with Gasteiger partial charge in [-0.25, -0.2) is 9.97 Å². The van der Waals surface area contributed by atoms with Gasteiger partial charge in [-0.2, -0.15) is 10.4 Å². The van der Waals surface area contributed by atoms with Crippen LogP contribution < -0.4 is 16.0 Å². The summed E-state index contributed by atoms with van der Waals surface area (Å²) >= 11 is 6.53. The van der Waals surface area contributed by atoms with Crippen molar-refractivity contribution in [2.75, 3.05) is 16.8 Å². The van der Waals surface area contributed by atoms with Gasteiger partial charge in [-0.05, 0) is 32.3 Å². The van der Waals surface area contributed by atoms with Gasteiger partial charge in [-0.15, -0.1) is 0 Å². The molecule has 10 heteroatoms. The van der Waals surface area contributed by atoms with Gasteiger partial charge in [0.1, 0.15) is 17.4 Å². The lowest BCUT2D eigenvalue weighted by molar-refractivity contribution is 0.315. The Kier molecular flexibility index (Phi) is 5.28. The van der Waals surface area contributed by atoms with Gasteiger partial charge in [-0.3, -0.25) is 9.67 Å². The fourth-order valence-corrected chi connectivity index (χ4v) is 4.12. The molecule has 30 heavy (non-hydrogen) atoms. The minimum Gasteiger partial charge on any atom is -0.347 e. The molecule has 1 aliphatic heterocycles. The van der Waals surface area contributed by atoms with Crippen molar-refractivity contribution in [1.29, 1.82) is 5.26 Å². The van der Waals surface area contributed by atoms with Crippen LogP contribution in [0.25, 0.3) is 0 Å². The Bertz CT molecular complexity index is 1120. The van der Waals surface area contributed by atoms with E-state index in [1.807, 2.05) is 25.1 Å². The minimum atomic E-state index is -0.981. The summed E-state index contributed by atoms with van der Waals surface area (Å²) in [5.41, 5.74) is 9.31. The van der Waals surface area contributed by atoms with Crippen LogP contribution in [0.5, 0.6) is 0 Å². The zero-order valence-corrected chi connectivity index (χ0v) is 17.6. The molecule has 0 radical (unpaired) electrons. The van der Waals surface area contributed by atoms with Gasteiger partial charge in [0.05, 0.1) is 33.9 Å². The maximum atomic E-state index is 9.55. The monoisotopic (exact) mass is 423 g/mol. The largest absolute Gasteiger partial charge is 0.347 e. The van der Waals surface area contributed by atoms with Crippen molar-refractivity contribution in [2.24, 2.45) is 12.8 Å². The van der Waals surface area contributed by atoms with Crippen LogP contribution in [-0.4, -0.2) is 31.3 Å². The van der Waals surface area contributed by atoms with E-state index >= 15 is 0 Å². The third-order valence-electron chi connectivity index (χ3n) is 5.29. The van der Waals surface area contributed by atoms with Crippen molar-refractivity contribution < 1.29 is 0 Å². The first-order valence-corrected chi connectivity index (χ1v) is 10.0. The number of pyridine rings is 1. The summed E-state index contributed by atoms with van der Waals surface area (Å²) in [6.45, 7) is 2.58. The van der Waals surface area contributed by atoms with Gasteiger partial charge in [-0.1, -0.05) is 11.6 Å². The fraction of sp³-hybridized carbons (Fsp3) is 0.350. The van der Waals surface area contributed by atoms with Gasteiger partial charge in [0, 0.05) is 32.2 Å². The molecule has 9 nitrogen and oxygen atoms in total. The number of nitrogens with zero attached hydrogens (tertiary/aromatic N) is 7. The van der Waals surface area contributed by atoms with Crippen LogP contribution >= 0.6 is 11.6 Å². The molecule has 4 rings (SSSR count). The molecule has 0 amide bonds. The summed E-state index contributed by atoms with van der Waals surface area (Å²) in [5, 5.41) is 17.5. The van der Waals surface area contributed by atoms with Crippen LogP contribution in [0.1, 0.15) is 36.2 Å². The van der Waals surface area contributed by atoms with Gasteiger partial charge in [0.25, 0.3) is 0 Å². The van der Waals surface area contributed by atoms with Crippen LogP contribution in [0, 0.1) is 18.3 Å². The third-order valence-corrected chi connectivity index (χ3v) is 5.57. The summed E-state index contributed by atoms with van der Waals surface area (Å²) < 4.78 is 1.72. The topological polar surface area (TPSA) is 122 Å². The highest BCUT2D eigenvalue weighted by atomic mass is 35.5. The average Bonchev–Trinajstić information content (AvgIpc) is 3.06. The second-order valence-electron chi connectivity index (χ2n) is 7.35. The van der Waals surface area contributed by atoms with E-state index in [0.717, 1.165) is 29.9 Å². The maximum absolute atomic E-state index is 9.55. The second-order valence-corrected chi connectivity index (χ2v) is 7.76. The Morgan fingerprint density at radius 1 is 1.33 bits per heavy atom. The third kappa shape index (κ3) is 3.56. The van der Waals surface area contributed by atoms with Crippen LogP contribution in [0.2, 0.25) is 5.02 Å². The second kappa shape index (κ2) is 7.89. The van der Waals surface area contributed by atoms with Crippen molar-refractivity contribution in [2.45, 2.75) is 31.8 Å². The highest BCUT2D eigenvalue weighted by Gasteiger charge is 2.41. The molecule has 0 aliphatic carbocycles. The Morgan fingerprint density at radius 2 is 2.17 bits per heavy atom. The number of rotatable bonds is 4. The first kappa shape index (κ1) is 20.1. The number of hydrogen-bond donors (Lipinski definition) is 2. The average molecular weight is 424 g/mol. The van der Waals surface area contributed by atoms with Crippen molar-refractivity contribution in [1.82, 2.24) is 24.7 Å². The Balaban J connectivity index is 1.76. The molecular weight excluding hydrogens is 402 g/mol. The SMILES string of the molecule is Cc1nn(C)cc1Nc1ncc(Cl)c(C2(N)CCCCN2c2ccncc2C#N)n1.